The number of ether oxygens (including phenoxy) is 1. The van der Waals surface area contributed by atoms with Crippen molar-refractivity contribution in [2.75, 3.05) is 13.7 Å². The summed E-state index contributed by atoms with van der Waals surface area (Å²) in [6.45, 7) is 2.98. The molecule has 1 aromatic rings. The summed E-state index contributed by atoms with van der Waals surface area (Å²) in [6, 6.07) is 2.20. The standard InChI is InChI=1S/C11H15NOS/c1-4-6-9(12-5-2)11-10(13-3)7-8-14-11/h1,7-9,12H,5-6H2,2-3H3. The fourth-order valence-electron chi connectivity index (χ4n) is 1.35. The molecule has 0 aromatic carbocycles. The van der Waals surface area contributed by atoms with Crippen LogP contribution in [0.1, 0.15) is 24.3 Å². The first-order valence-corrected chi connectivity index (χ1v) is 5.49. The van der Waals surface area contributed by atoms with Gasteiger partial charge in [-0.05, 0) is 18.0 Å². The summed E-state index contributed by atoms with van der Waals surface area (Å²) in [5.41, 5.74) is 0. The van der Waals surface area contributed by atoms with Gasteiger partial charge in [0.05, 0.1) is 18.0 Å². The van der Waals surface area contributed by atoms with Crippen LogP contribution in [0.2, 0.25) is 0 Å². The van der Waals surface area contributed by atoms with Crippen LogP contribution in [0.5, 0.6) is 5.75 Å². The van der Waals surface area contributed by atoms with Crippen molar-refractivity contribution in [1.82, 2.24) is 5.32 Å². The number of methoxy groups -OCH3 is 1. The highest BCUT2D eigenvalue weighted by Crippen LogP contribution is 2.32. The van der Waals surface area contributed by atoms with Gasteiger partial charge >= 0.3 is 0 Å². The highest BCUT2D eigenvalue weighted by molar-refractivity contribution is 7.10. The third-order valence-electron chi connectivity index (χ3n) is 1.97. The van der Waals surface area contributed by atoms with E-state index < -0.39 is 0 Å². The third-order valence-corrected chi connectivity index (χ3v) is 2.98. The molecule has 0 saturated carbocycles. The van der Waals surface area contributed by atoms with Gasteiger partial charge in [0.25, 0.3) is 0 Å². The molecule has 76 valence electrons. The van der Waals surface area contributed by atoms with Gasteiger partial charge in [0.2, 0.25) is 0 Å². The van der Waals surface area contributed by atoms with E-state index in [4.69, 9.17) is 11.2 Å². The maximum atomic E-state index is 5.33. The van der Waals surface area contributed by atoms with E-state index in [1.165, 1.54) is 4.88 Å². The lowest BCUT2D eigenvalue weighted by molar-refractivity contribution is 0.404. The Labute approximate surface area is 89.3 Å². The van der Waals surface area contributed by atoms with Crippen LogP contribution in [0.15, 0.2) is 11.4 Å². The number of hydrogen-bond acceptors (Lipinski definition) is 3. The molecule has 1 atom stereocenters. The van der Waals surface area contributed by atoms with E-state index in [2.05, 4.69) is 18.2 Å². The Morgan fingerprint density at radius 1 is 1.71 bits per heavy atom. The van der Waals surface area contributed by atoms with E-state index in [9.17, 15) is 0 Å². The molecule has 0 aliphatic rings. The van der Waals surface area contributed by atoms with Gasteiger partial charge in [-0.1, -0.05) is 6.92 Å². The summed E-state index contributed by atoms with van der Waals surface area (Å²) in [5, 5.41) is 5.37. The van der Waals surface area contributed by atoms with Gasteiger partial charge in [0.1, 0.15) is 5.75 Å². The number of terminal acetylenes is 1. The first-order valence-electron chi connectivity index (χ1n) is 4.61. The van der Waals surface area contributed by atoms with Crippen LogP contribution >= 0.6 is 11.3 Å². The Kier molecular flexibility index (Phi) is 4.51. The van der Waals surface area contributed by atoms with Gasteiger partial charge in [0, 0.05) is 6.42 Å². The molecule has 1 unspecified atom stereocenters. The fourth-order valence-corrected chi connectivity index (χ4v) is 2.29. The molecule has 0 spiro atoms. The zero-order valence-electron chi connectivity index (χ0n) is 8.54. The van der Waals surface area contributed by atoms with Crippen molar-refractivity contribution in [2.24, 2.45) is 0 Å². The molecule has 1 N–H and O–H groups in total. The Hall–Kier alpha value is -0.980. The highest BCUT2D eigenvalue weighted by atomic mass is 32.1. The first kappa shape index (κ1) is 11.1. The molecule has 0 radical (unpaired) electrons. The Morgan fingerprint density at radius 2 is 2.50 bits per heavy atom. The van der Waals surface area contributed by atoms with E-state index in [-0.39, 0.29) is 6.04 Å². The van der Waals surface area contributed by atoms with Crippen LogP contribution in [0, 0.1) is 12.3 Å². The van der Waals surface area contributed by atoms with Gasteiger partial charge in [-0.25, -0.2) is 0 Å². The van der Waals surface area contributed by atoms with Crippen molar-refractivity contribution in [3.63, 3.8) is 0 Å². The molecule has 14 heavy (non-hydrogen) atoms. The van der Waals surface area contributed by atoms with Crippen molar-refractivity contribution in [3.05, 3.63) is 16.3 Å². The van der Waals surface area contributed by atoms with Crippen LogP contribution in [0.3, 0.4) is 0 Å². The molecule has 0 bridgehead atoms. The van der Waals surface area contributed by atoms with Gasteiger partial charge in [-0.15, -0.1) is 23.7 Å². The second kappa shape index (κ2) is 5.69. The predicted octanol–water partition coefficient (Wildman–Crippen LogP) is 2.43. The van der Waals surface area contributed by atoms with Crippen molar-refractivity contribution >= 4 is 11.3 Å². The van der Waals surface area contributed by atoms with Crippen molar-refractivity contribution in [1.29, 1.82) is 0 Å². The van der Waals surface area contributed by atoms with E-state index >= 15 is 0 Å². The van der Waals surface area contributed by atoms with Gasteiger partial charge in [-0.2, -0.15) is 0 Å². The van der Waals surface area contributed by atoms with E-state index in [0.29, 0.717) is 6.42 Å². The quantitative estimate of drug-likeness (QED) is 0.752. The second-order valence-electron chi connectivity index (χ2n) is 2.87. The van der Waals surface area contributed by atoms with Gasteiger partial charge in [0.15, 0.2) is 0 Å². The lowest BCUT2D eigenvalue weighted by atomic mass is 10.1. The summed E-state index contributed by atoms with van der Waals surface area (Å²) < 4.78 is 5.26. The Balaban J connectivity index is 2.81. The second-order valence-corrected chi connectivity index (χ2v) is 3.82. The minimum atomic E-state index is 0.222. The molecular formula is C11H15NOS. The van der Waals surface area contributed by atoms with E-state index in [1.807, 2.05) is 11.4 Å². The summed E-state index contributed by atoms with van der Waals surface area (Å²) in [5.74, 6) is 3.61. The van der Waals surface area contributed by atoms with Gasteiger partial charge in [-0.3, -0.25) is 0 Å². The zero-order valence-corrected chi connectivity index (χ0v) is 9.36. The highest BCUT2D eigenvalue weighted by Gasteiger charge is 2.15. The fraction of sp³-hybridized carbons (Fsp3) is 0.455. The average Bonchev–Trinajstić information content (AvgIpc) is 2.65. The summed E-state index contributed by atoms with van der Waals surface area (Å²) in [6.07, 6.45) is 6.03. The number of nitrogens with one attached hydrogen (secondary N) is 1. The Bertz CT molecular complexity index is 313. The van der Waals surface area contributed by atoms with Crippen LogP contribution in [-0.4, -0.2) is 13.7 Å². The van der Waals surface area contributed by atoms with Crippen molar-refractivity contribution in [3.8, 4) is 18.1 Å². The maximum Gasteiger partial charge on any atom is 0.134 e. The van der Waals surface area contributed by atoms with Crippen molar-refractivity contribution < 1.29 is 4.74 Å². The summed E-state index contributed by atoms with van der Waals surface area (Å²) in [7, 11) is 1.68. The largest absolute Gasteiger partial charge is 0.496 e. The molecule has 3 heteroatoms. The number of hydrogen-bond donors (Lipinski definition) is 1. The van der Waals surface area contributed by atoms with E-state index in [1.54, 1.807) is 18.4 Å². The van der Waals surface area contributed by atoms with Crippen LogP contribution in [-0.2, 0) is 0 Å². The molecule has 0 aliphatic carbocycles. The predicted molar refractivity (Wildman–Crippen MR) is 60.7 cm³/mol. The van der Waals surface area contributed by atoms with Crippen LogP contribution < -0.4 is 10.1 Å². The minimum absolute atomic E-state index is 0.222. The lowest BCUT2D eigenvalue weighted by Crippen LogP contribution is -2.19. The van der Waals surface area contributed by atoms with E-state index in [0.717, 1.165) is 12.3 Å². The van der Waals surface area contributed by atoms with Crippen LogP contribution in [0.4, 0.5) is 0 Å². The molecule has 0 fully saturated rings. The average molecular weight is 209 g/mol. The normalized spacial score (nSPS) is 12.1. The minimum Gasteiger partial charge on any atom is -0.496 e. The molecule has 1 heterocycles. The number of rotatable bonds is 5. The SMILES string of the molecule is C#CCC(NCC)c1sccc1OC. The first-order chi connectivity index (χ1) is 6.83. The molecule has 2 nitrogen and oxygen atoms in total. The van der Waals surface area contributed by atoms with Gasteiger partial charge < -0.3 is 10.1 Å². The molecule has 1 aromatic heterocycles. The monoisotopic (exact) mass is 209 g/mol. The molecule has 1 rings (SSSR count). The zero-order chi connectivity index (χ0) is 10.4. The Morgan fingerprint density at radius 3 is 3.07 bits per heavy atom. The smallest absolute Gasteiger partial charge is 0.134 e. The summed E-state index contributed by atoms with van der Waals surface area (Å²) >= 11 is 1.68. The number of thiophene rings is 1. The molecule has 0 saturated heterocycles. The molecular weight excluding hydrogens is 194 g/mol. The summed E-state index contributed by atoms with van der Waals surface area (Å²) in [4.78, 5) is 1.19. The lowest BCUT2D eigenvalue weighted by Gasteiger charge is -2.14. The van der Waals surface area contributed by atoms with Crippen molar-refractivity contribution in [2.45, 2.75) is 19.4 Å². The molecule has 0 aliphatic heterocycles. The topological polar surface area (TPSA) is 21.3 Å². The third kappa shape index (κ3) is 2.50. The molecule has 0 amide bonds. The maximum absolute atomic E-state index is 5.33. The van der Waals surface area contributed by atoms with Crippen LogP contribution in [0.25, 0.3) is 0 Å².